The molecule has 0 saturated carbocycles. The Bertz CT molecular complexity index is 818. The summed E-state index contributed by atoms with van der Waals surface area (Å²) in [6, 6.07) is 11.5. The van der Waals surface area contributed by atoms with E-state index in [0.717, 1.165) is 11.1 Å². The van der Waals surface area contributed by atoms with Crippen molar-refractivity contribution in [1.29, 1.82) is 0 Å². The SMILES string of the molecule is Cc1ccc(Cl)cc1NC(=O)CCc1ccc(S(N)(=O)=O)cc1. The zero-order valence-corrected chi connectivity index (χ0v) is 14.1. The van der Waals surface area contributed by atoms with E-state index in [2.05, 4.69) is 5.32 Å². The van der Waals surface area contributed by atoms with E-state index in [-0.39, 0.29) is 17.2 Å². The molecule has 0 heterocycles. The van der Waals surface area contributed by atoms with Crippen LogP contribution in [0.4, 0.5) is 5.69 Å². The number of nitrogens with one attached hydrogen (secondary N) is 1. The van der Waals surface area contributed by atoms with E-state index >= 15 is 0 Å². The Hall–Kier alpha value is -1.89. The Morgan fingerprint density at radius 3 is 2.43 bits per heavy atom. The lowest BCUT2D eigenvalue weighted by Crippen LogP contribution is -2.13. The molecule has 1 amide bonds. The zero-order valence-electron chi connectivity index (χ0n) is 12.5. The molecule has 0 saturated heterocycles. The lowest BCUT2D eigenvalue weighted by Gasteiger charge is -2.09. The fourth-order valence-electron chi connectivity index (χ4n) is 2.05. The second-order valence-electron chi connectivity index (χ2n) is 5.20. The predicted octanol–water partition coefficient (Wildman–Crippen LogP) is 2.87. The number of rotatable bonds is 5. The van der Waals surface area contributed by atoms with E-state index in [1.54, 1.807) is 24.3 Å². The van der Waals surface area contributed by atoms with E-state index < -0.39 is 10.0 Å². The molecular formula is C16H17ClN2O3S. The maximum Gasteiger partial charge on any atom is 0.238 e. The number of nitrogens with two attached hydrogens (primary N) is 1. The van der Waals surface area contributed by atoms with E-state index in [0.29, 0.717) is 17.1 Å². The predicted molar refractivity (Wildman–Crippen MR) is 91.0 cm³/mol. The quantitative estimate of drug-likeness (QED) is 0.867. The third-order valence-electron chi connectivity index (χ3n) is 3.37. The van der Waals surface area contributed by atoms with Crippen LogP contribution in [0, 0.1) is 6.92 Å². The molecule has 0 aliphatic heterocycles. The van der Waals surface area contributed by atoms with Crippen LogP contribution >= 0.6 is 11.6 Å². The Morgan fingerprint density at radius 1 is 1.17 bits per heavy atom. The average Bonchev–Trinajstić information content (AvgIpc) is 2.48. The summed E-state index contributed by atoms with van der Waals surface area (Å²) in [5.41, 5.74) is 2.47. The first-order valence-electron chi connectivity index (χ1n) is 6.93. The molecule has 5 nitrogen and oxygen atoms in total. The Kier molecular flexibility index (Phi) is 5.41. The van der Waals surface area contributed by atoms with E-state index in [1.807, 2.05) is 13.0 Å². The number of benzene rings is 2. The van der Waals surface area contributed by atoms with Crippen molar-refractivity contribution in [2.45, 2.75) is 24.7 Å². The molecule has 3 N–H and O–H groups in total. The highest BCUT2D eigenvalue weighted by Crippen LogP contribution is 2.20. The maximum atomic E-state index is 12.0. The second kappa shape index (κ2) is 7.12. The summed E-state index contributed by atoms with van der Waals surface area (Å²) in [4.78, 5) is 12.1. The van der Waals surface area contributed by atoms with Gasteiger partial charge in [0.2, 0.25) is 15.9 Å². The molecule has 0 atom stereocenters. The summed E-state index contributed by atoms with van der Waals surface area (Å²) in [5, 5.41) is 8.42. The van der Waals surface area contributed by atoms with Gasteiger partial charge in [-0.2, -0.15) is 0 Å². The molecule has 2 rings (SSSR count). The van der Waals surface area contributed by atoms with Crippen LogP contribution in [0.2, 0.25) is 5.02 Å². The maximum absolute atomic E-state index is 12.0. The largest absolute Gasteiger partial charge is 0.326 e. The van der Waals surface area contributed by atoms with Gasteiger partial charge in [0, 0.05) is 17.1 Å². The number of aryl methyl sites for hydroxylation is 2. The summed E-state index contributed by atoms with van der Waals surface area (Å²) in [5.74, 6) is -0.133. The van der Waals surface area contributed by atoms with Crippen molar-refractivity contribution >= 4 is 33.2 Å². The van der Waals surface area contributed by atoms with Gasteiger partial charge in [0.15, 0.2) is 0 Å². The lowest BCUT2D eigenvalue weighted by atomic mass is 10.1. The monoisotopic (exact) mass is 352 g/mol. The highest BCUT2D eigenvalue weighted by Gasteiger charge is 2.09. The van der Waals surface area contributed by atoms with Crippen molar-refractivity contribution < 1.29 is 13.2 Å². The van der Waals surface area contributed by atoms with Gasteiger partial charge in [0.25, 0.3) is 0 Å². The molecular weight excluding hydrogens is 336 g/mol. The van der Waals surface area contributed by atoms with Crippen LogP contribution in [0.15, 0.2) is 47.4 Å². The van der Waals surface area contributed by atoms with Crippen LogP contribution in [-0.4, -0.2) is 14.3 Å². The highest BCUT2D eigenvalue weighted by atomic mass is 35.5. The van der Waals surface area contributed by atoms with Gasteiger partial charge < -0.3 is 5.32 Å². The fourth-order valence-corrected chi connectivity index (χ4v) is 2.73. The van der Waals surface area contributed by atoms with Crippen molar-refractivity contribution in [2.75, 3.05) is 5.32 Å². The van der Waals surface area contributed by atoms with Gasteiger partial charge in [-0.15, -0.1) is 0 Å². The van der Waals surface area contributed by atoms with E-state index in [9.17, 15) is 13.2 Å². The summed E-state index contributed by atoms with van der Waals surface area (Å²) >= 11 is 5.91. The molecule has 2 aromatic rings. The number of amides is 1. The molecule has 0 unspecified atom stereocenters. The van der Waals surface area contributed by atoms with E-state index in [1.165, 1.54) is 12.1 Å². The standard InChI is InChI=1S/C16H17ClN2O3S/c1-11-2-6-13(17)10-15(11)19-16(20)9-5-12-3-7-14(8-4-12)23(18,21)22/h2-4,6-8,10H,5,9H2,1H3,(H,19,20)(H2,18,21,22). The number of halogens is 1. The van der Waals surface area contributed by atoms with Gasteiger partial charge in [-0.25, -0.2) is 13.6 Å². The average molecular weight is 353 g/mol. The smallest absolute Gasteiger partial charge is 0.238 e. The summed E-state index contributed by atoms with van der Waals surface area (Å²) in [6.07, 6.45) is 0.775. The third-order valence-corrected chi connectivity index (χ3v) is 4.53. The van der Waals surface area contributed by atoms with Crippen molar-refractivity contribution in [3.63, 3.8) is 0 Å². The van der Waals surface area contributed by atoms with Crippen molar-refractivity contribution in [3.8, 4) is 0 Å². The minimum absolute atomic E-state index is 0.0558. The number of anilines is 1. The molecule has 0 aliphatic carbocycles. The molecule has 23 heavy (non-hydrogen) atoms. The molecule has 0 aromatic heterocycles. The van der Waals surface area contributed by atoms with Gasteiger partial charge in [-0.3, -0.25) is 4.79 Å². The molecule has 0 bridgehead atoms. The minimum atomic E-state index is -3.69. The number of sulfonamides is 1. The fraction of sp³-hybridized carbons (Fsp3) is 0.188. The molecule has 7 heteroatoms. The number of carbonyl (C=O) groups is 1. The number of primary sulfonamides is 1. The van der Waals surface area contributed by atoms with Crippen LogP contribution in [0.3, 0.4) is 0 Å². The normalized spacial score (nSPS) is 11.3. The summed E-state index contributed by atoms with van der Waals surface area (Å²) in [7, 11) is -3.69. The second-order valence-corrected chi connectivity index (χ2v) is 7.19. The van der Waals surface area contributed by atoms with Crippen LogP contribution in [-0.2, 0) is 21.2 Å². The summed E-state index contributed by atoms with van der Waals surface area (Å²) < 4.78 is 22.4. The third kappa shape index (κ3) is 5.06. The molecule has 0 aliphatic rings. The molecule has 122 valence electrons. The minimum Gasteiger partial charge on any atom is -0.326 e. The van der Waals surface area contributed by atoms with Gasteiger partial charge in [0.05, 0.1) is 4.90 Å². The first-order valence-corrected chi connectivity index (χ1v) is 8.86. The van der Waals surface area contributed by atoms with Crippen LogP contribution in [0.5, 0.6) is 0 Å². The van der Waals surface area contributed by atoms with Crippen LogP contribution in [0.25, 0.3) is 0 Å². The van der Waals surface area contributed by atoms with Gasteiger partial charge in [0.1, 0.15) is 0 Å². The molecule has 2 aromatic carbocycles. The molecule has 0 spiro atoms. The van der Waals surface area contributed by atoms with Crippen LogP contribution in [0.1, 0.15) is 17.5 Å². The summed E-state index contributed by atoms with van der Waals surface area (Å²) in [6.45, 7) is 1.89. The van der Waals surface area contributed by atoms with Crippen molar-refractivity contribution in [2.24, 2.45) is 5.14 Å². The van der Waals surface area contributed by atoms with E-state index in [4.69, 9.17) is 16.7 Å². The Balaban J connectivity index is 1.95. The Morgan fingerprint density at radius 2 is 1.83 bits per heavy atom. The molecule has 0 radical (unpaired) electrons. The molecule has 0 fully saturated rings. The number of hydrogen-bond acceptors (Lipinski definition) is 3. The number of carbonyl (C=O) groups excluding carboxylic acids is 1. The van der Waals surface area contributed by atoms with Crippen LogP contribution < -0.4 is 10.5 Å². The van der Waals surface area contributed by atoms with Crippen molar-refractivity contribution in [3.05, 3.63) is 58.6 Å². The number of hydrogen-bond donors (Lipinski definition) is 2. The Labute approximate surface area is 140 Å². The van der Waals surface area contributed by atoms with Gasteiger partial charge in [-0.1, -0.05) is 29.8 Å². The van der Waals surface area contributed by atoms with Gasteiger partial charge in [-0.05, 0) is 48.7 Å². The van der Waals surface area contributed by atoms with Gasteiger partial charge >= 0.3 is 0 Å². The zero-order chi connectivity index (χ0) is 17.0. The van der Waals surface area contributed by atoms with Crippen molar-refractivity contribution in [1.82, 2.24) is 0 Å². The first kappa shape index (κ1) is 17.5. The topological polar surface area (TPSA) is 89.3 Å². The lowest BCUT2D eigenvalue weighted by molar-refractivity contribution is -0.116. The highest BCUT2D eigenvalue weighted by molar-refractivity contribution is 7.89. The first-order chi connectivity index (χ1) is 10.8.